The molecule has 0 radical (unpaired) electrons. The summed E-state index contributed by atoms with van der Waals surface area (Å²) in [6.07, 6.45) is 9.61. The molecule has 2 aromatic heterocycles. The van der Waals surface area contributed by atoms with Gasteiger partial charge in [0.25, 0.3) is 0 Å². The van der Waals surface area contributed by atoms with Crippen LogP contribution in [0.1, 0.15) is 89.3 Å². The predicted molar refractivity (Wildman–Crippen MR) is 212 cm³/mol. The number of carboxylic acids is 1. The fraction of sp³-hybridized carbons (Fsp3) is 0.535. The maximum absolute atomic E-state index is 12.5. The van der Waals surface area contributed by atoms with Gasteiger partial charge in [-0.15, -0.1) is 0 Å². The van der Waals surface area contributed by atoms with Crippen LogP contribution in [0.15, 0.2) is 69.5 Å². The summed E-state index contributed by atoms with van der Waals surface area (Å²) in [5, 5.41) is 15.0. The van der Waals surface area contributed by atoms with Crippen molar-refractivity contribution in [3.63, 3.8) is 0 Å². The molecule has 0 bridgehead atoms. The lowest BCUT2D eigenvalue weighted by atomic mass is 9.66. The van der Waals surface area contributed by atoms with Crippen LogP contribution in [-0.2, 0) is 23.2 Å². The molecule has 2 aromatic carbocycles. The molecule has 4 aliphatic rings. The van der Waals surface area contributed by atoms with E-state index in [1.54, 1.807) is 6.33 Å². The number of amidine groups is 1. The average molecular weight is 718 g/mol. The van der Waals surface area contributed by atoms with Crippen molar-refractivity contribution in [3.8, 4) is 0 Å². The third-order valence-corrected chi connectivity index (χ3v) is 12.6. The lowest BCUT2D eigenvalue weighted by Crippen LogP contribution is -2.62. The molecule has 6 heterocycles. The highest BCUT2D eigenvalue weighted by Gasteiger charge is 2.50. The van der Waals surface area contributed by atoms with Crippen molar-refractivity contribution in [1.82, 2.24) is 25.1 Å². The van der Waals surface area contributed by atoms with Crippen LogP contribution in [-0.4, -0.2) is 88.5 Å². The Labute approximate surface area is 313 Å². The summed E-state index contributed by atoms with van der Waals surface area (Å²) in [5.74, 6) is 1.00. The van der Waals surface area contributed by atoms with Gasteiger partial charge < -0.3 is 24.6 Å². The van der Waals surface area contributed by atoms with Crippen LogP contribution in [0.2, 0.25) is 0 Å². The van der Waals surface area contributed by atoms with Gasteiger partial charge in [-0.3, -0.25) is 14.7 Å². The molecule has 4 aromatic rings. The van der Waals surface area contributed by atoms with Gasteiger partial charge in [-0.05, 0) is 125 Å². The molecular weight excluding hydrogens is 663 g/mol. The number of para-hydroxylation sites is 1. The summed E-state index contributed by atoms with van der Waals surface area (Å²) >= 11 is 0. The second-order valence-corrected chi connectivity index (χ2v) is 16.8. The van der Waals surface area contributed by atoms with Gasteiger partial charge in [0.2, 0.25) is 0 Å². The number of aliphatic imine (C=N–C) groups is 1. The molecule has 0 aliphatic carbocycles. The van der Waals surface area contributed by atoms with Crippen LogP contribution < -0.4 is 10.2 Å². The molecule has 2 fully saturated rings. The zero-order valence-corrected chi connectivity index (χ0v) is 32.0. The Bertz CT molecular complexity index is 2050. The van der Waals surface area contributed by atoms with Gasteiger partial charge in [-0.1, -0.05) is 50.6 Å². The molecule has 0 spiro atoms. The Balaban J connectivity index is 1.14. The van der Waals surface area contributed by atoms with Crippen molar-refractivity contribution in [2.45, 2.75) is 97.1 Å². The number of piperidine rings is 2. The number of likely N-dealkylation sites (tertiary alicyclic amines) is 2. The van der Waals surface area contributed by atoms with Gasteiger partial charge >= 0.3 is 5.97 Å². The zero-order chi connectivity index (χ0) is 36.7. The Morgan fingerprint density at radius 2 is 1.79 bits per heavy atom. The van der Waals surface area contributed by atoms with E-state index in [0.717, 1.165) is 110 Å². The topological polar surface area (TPSA) is 110 Å². The van der Waals surface area contributed by atoms with E-state index < -0.39 is 11.4 Å². The van der Waals surface area contributed by atoms with E-state index in [4.69, 9.17) is 14.4 Å². The molecule has 2 saturated heterocycles. The van der Waals surface area contributed by atoms with E-state index in [0.29, 0.717) is 0 Å². The number of anilines is 1. The number of benzene rings is 2. The van der Waals surface area contributed by atoms with Crippen LogP contribution in [0.5, 0.6) is 0 Å². The quantitative estimate of drug-likeness (QED) is 0.172. The van der Waals surface area contributed by atoms with Crippen LogP contribution in [0, 0.1) is 5.41 Å². The van der Waals surface area contributed by atoms with E-state index in [1.807, 2.05) is 18.2 Å². The molecule has 0 amide bonds. The fourth-order valence-electron chi connectivity index (χ4n) is 9.40. The standard InChI is InChI=1S/C43H55N7O3/c1-29-34(26-36(51)52)39(49-23-16-42(2,3)17-24-49)43(4,41(47-29)44-18-10-21-48-19-8-5-9-20-48)32-14-13-31-27-50(22-15-30(31)25-32)40-38-37(45-28-46-40)33-11-6-7-12-35(33)53-38/h6-7,11-14,25,28,39H,5,8-10,15-24,26-27H2,1-4H3,(H,44,47)(H,51,52). The summed E-state index contributed by atoms with van der Waals surface area (Å²) in [4.78, 5) is 34.6. The number of carboxylic acid groups (broad SMARTS) is 1. The van der Waals surface area contributed by atoms with E-state index in [-0.39, 0.29) is 17.9 Å². The minimum absolute atomic E-state index is 0.0102. The first-order valence-electron chi connectivity index (χ1n) is 19.8. The van der Waals surface area contributed by atoms with Gasteiger partial charge in [0.05, 0.1) is 11.8 Å². The van der Waals surface area contributed by atoms with Gasteiger partial charge in [0.1, 0.15) is 23.3 Å². The first kappa shape index (κ1) is 35.7. The monoisotopic (exact) mass is 717 g/mol. The number of hydrogen-bond acceptors (Lipinski definition) is 8. The Kier molecular flexibility index (Phi) is 9.78. The minimum Gasteiger partial charge on any atom is -0.481 e. The highest BCUT2D eigenvalue weighted by molar-refractivity contribution is 6.05. The molecule has 2 atom stereocenters. The van der Waals surface area contributed by atoms with Crippen LogP contribution in [0.3, 0.4) is 0 Å². The first-order chi connectivity index (χ1) is 25.6. The molecule has 53 heavy (non-hydrogen) atoms. The SMILES string of the molecule is CC1=C(CC(=O)O)C(N2CCC(C)(C)CC2)C(C)(c2ccc3c(c2)CCN(c2ncnc4c2oc2ccccc24)C3)C(=NCCCN2CCCCC2)N1. The summed E-state index contributed by atoms with van der Waals surface area (Å²) in [5.41, 5.74) is 7.80. The average Bonchev–Trinajstić information content (AvgIpc) is 3.54. The van der Waals surface area contributed by atoms with Crippen molar-refractivity contribution < 1.29 is 14.3 Å². The van der Waals surface area contributed by atoms with Gasteiger partial charge in [-0.25, -0.2) is 9.97 Å². The first-order valence-corrected chi connectivity index (χ1v) is 19.8. The van der Waals surface area contributed by atoms with Crippen molar-refractivity contribution in [2.24, 2.45) is 10.4 Å². The largest absolute Gasteiger partial charge is 0.481 e. The van der Waals surface area contributed by atoms with Gasteiger partial charge in [0, 0.05) is 36.8 Å². The van der Waals surface area contributed by atoms with Crippen molar-refractivity contribution >= 4 is 39.7 Å². The summed E-state index contributed by atoms with van der Waals surface area (Å²) in [6, 6.07) is 14.9. The number of nitrogens with one attached hydrogen (secondary N) is 1. The van der Waals surface area contributed by atoms with E-state index in [1.165, 1.54) is 49.0 Å². The fourth-order valence-corrected chi connectivity index (χ4v) is 9.40. The maximum Gasteiger partial charge on any atom is 0.307 e. The third kappa shape index (κ3) is 6.96. The normalized spacial score (nSPS) is 24.9. The van der Waals surface area contributed by atoms with Crippen LogP contribution in [0.4, 0.5) is 5.82 Å². The predicted octanol–water partition coefficient (Wildman–Crippen LogP) is 7.31. The smallest absolute Gasteiger partial charge is 0.307 e. The highest BCUT2D eigenvalue weighted by atomic mass is 16.4. The number of fused-ring (bicyclic) bond motifs is 4. The number of aromatic nitrogens is 2. The molecule has 2 unspecified atom stereocenters. The summed E-state index contributed by atoms with van der Waals surface area (Å²) in [6.45, 7) is 16.7. The Hall–Kier alpha value is -4.28. The molecular formula is C43H55N7O3. The maximum atomic E-state index is 12.5. The van der Waals surface area contributed by atoms with Crippen molar-refractivity contribution in [2.75, 3.05) is 50.7 Å². The summed E-state index contributed by atoms with van der Waals surface area (Å²) in [7, 11) is 0. The molecule has 10 heteroatoms. The lowest BCUT2D eigenvalue weighted by molar-refractivity contribution is -0.136. The molecule has 0 saturated carbocycles. The van der Waals surface area contributed by atoms with Gasteiger partial charge in [0.15, 0.2) is 11.4 Å². The zero-order valence-electron chi connectivity index (χ0n) is 32.0. The number of furan rings is 1. The van der Waals surface area contributed by atoms with E-state index in [9.17, 15) is 9.90 Å². The summed E-state index contributed by atoms with van der Waals surface area (Å²) < 4.78 is 6.31. The number of aliphatic carboxylic acids is 1. The van der Waals surface area contributed by atoms with Crippen molar-refractivity contribution in [1.29, 1.82) is 0 Å². The van der Waals surface area contributed by atoms with E-state index >= 15 is 0 Å². The molecule has 8 rings (SSSR count). The van der Waals surface area contributed by atoms with Crippen LogP contribution >= 0.6 is 0 Å². The molecule has 10 nitrogen and oxygen atoms in total. The van der Waals surface area contributed by atoms with E-state index in [2.05, 4.69) is 77.0 Å². The second-order valence-electron chi connectivity index (χ2n) is 16.8. The van der Waals surface area contributed by atoms with Gasteiger partial charge in [-0.2, -0.15) is 0 Å². The molecule has 280 valence electrons. The molecule has 4 aliphatic heterocycles. The van der Waals surface area contributed by atoms with Crippen molar-refractivity contribution in [3.05, 3.63) is 76.8 Å². The Morgan fingerprint density at radius 1 is 1.00 bits per heavy atom. The number of hydrogen-bond donors (Lipinski definition) is 2. The number of carbonyl (C=O) groups is 1. The highest BCUT2D eigenvalue weighted by Crippen LogP contribution is 2.45. The minimum atomic E-state index is -0.790. The lowest BCUT2D eigenvalue weighted by Gasteiger charge is -2.52. The number of rotatable bonds is 9. The second kappa shape index (κ2) is 14.5. The Morgan fingerprint density at radius 3 is 2.58 bits per heavy atom. The molecule has 2 N–H and O–H groups in total. The number of nitrogens with zero attached hydrogens (tertiary/aromatic N) is 6. The van der Waals surface area contributed by atoms with Crippen LogP contribution in [0.25, 0.3) is 22.1 Å². The number of allylic oxidation sites excluding steroid dienone is 1. The third-order valence-electron chi connectivity index (χ3n) is 12.6.